The molecule has 8 heteroatoms. The van der Waals surface area contributed by atoms with Gasteiger partial charge in [-0.1, -0.05) is 38.8 Å². The van der Waals surface area contributed by atoms with Gasteiger partial charge in [0.1, 0.15) is 0 Å². The van der Waals surface area contributed by atoms with Crippen LogP contribution < -0.4 is 0 Å². The first-order chi connectivity index (χ1) is 7.74. The van der Waals surface area contributed by atoms with Crippen molar-refractivity contribution in [1.29, 1.82) is 0 Å². The summed E-state index contributed by atoms with van der Waals surface area (Å²) in [5.41, 5.74) is 0. The van der Waals surface area contributed by atoms with E-state index in [0.29, 0.717) is 0 Å². The second-order valence-electron chi connectivity index (χ2n) is 2.07. The molecule has 0 aromatic heterocycles. The number of unbranched alkanes of at least 4 members (excludes halogenated alkanes) is 1. The highest BCUT2D eigenvalue weighted by Gasteiger charge is 1.56. The van der Waals surface area contributed by atoms with Crippen LogP contribution >= 0.6 is 0 Å². The molecule has 0 atom stereocenters. The van der Waals surface area contributed by atoms with Gasteiger partial charge in [-0.2, -0.15) is 0 Å². The maximum atomic E-state index is 4.60. The molecule has 0 aliphatic carbocycles. The lowest BCUT2D eigenvalue weighted by atomic mass is 10.4. The highest BCUT2D eigenvalue weighted by molar-refractivity contribution is 8.70. The minimum absolute atomic E-state index is 1.32. The lowest BCUT2D eigenvalue weighted by Crippen LogP contribution is -1.47. The van der Waals surface area contributed by atoms with Crippen molar-refractivity contribution in [2.45, 2.75) is 40.5 Å². The maximum absolute atomic E-state index is 4.60. The Labute approximate surface area is 127 Å². The number of rotatable bonds is 1. The zero-order chi connectivity index (χ0) is 13.1. The molecular weight excluding hydrogens is 353 g/mol. The van der Waals surface area contributed by atoms with Crippen molar-refractivity contribution in [3.8, 4) is 0 Å². The van der Waals surface area contributed by atoms with Crippen molar-refractivity contribution >= 4 is 75.7 Å². The van der Waals surface area contributed by atoms with Crippen molar-refractivity contribution in [2.75, 3.05) is 0 Å². The molecule has 0 aliphatic heterocycles. The minimum atomic E-state index is 1.32. The van der Waals surface area contributed by atoms with Gasteiger partial charge in [-0.05, 0) is 13.8 Å². The Bertz CT molecular complexity index is 327. The first-order valence-corrected chi connectivity index (χ1v) is 13.9. The summed E-state index contributed by atoms with van der Waals surface area (Å²) in [6.07, 6.45) is 6.64. The van der Waals surface area contributed by atoms with Crippen molar-refractivity contribution in [2.24, 2.45) is 0 Å². The number of allylic oxidation sites excluding steroid dienone is 2. The van der Waals surface area contributed by atoms with E-state index in [0.717, 1.165) is 0 Å². The van der Waals surface area contributed by atoms with Crippen LogP contribution in [0.3, 0.4) is 0 Å². The molecule has 0 saturated carbocycles. The molecule has 0 N–H and O–H groups in total. The molecule has 0 fully saturated rings. The molecule has 0 aromatic carbocycles. The van der Waals surface area contributed by atoms with Crippen LogP contribution in [0.1, 0.15) is 40.5 Å². The molecule has 0 spiro atoms. The fraction of sp³-hybridized carbons (Fsp3) is 0.750. The minimum Gasteiger partial charge on any atom is -0.0919 e. The van der Waals surface area contributed by atoms with Crippen LogP contribution in [0.15, 0.2) is 12.2 Å². The van der Waals surface area contributed by atoms with Gasteiger partial charge in [-0.3, -0.25) is 0 Å². The fourth-order valence-corrected chi connectivity index (χ4v) is 11.0. The largest absolute Gasteiger partial charge is 0.0919 e. The second-order valence-corrected chi connectivity index (χ2v) is 12.7. The monoisotopic (exact) mass is 370 g/mol. The quantitative estimate of drug-likeness (QED) is 0.649. The second kappa shape index (κ2) is 30.0. The smallest absolute Gasteiger partial charge is 0 e. The molecule has 98 valence electrons. The Morgan fingerprint density at radius 2 is 1.06 bits per heavy atom. The van der Waals surface area contributed by atoms with E-state index >= 15 is 0 Å². The molecule has 0 rings (SSSR count). The molecule has 0 amide bonds. The van der Waals surface area contributed by atoms with Crippen molar-refractivity contribution < 1.29 is 0 Å². The Morgan fingerprint density at radius 1 is 0.750 bits per heavy atom. The summed E-state index contributed by atoms with van der Waals surface area (Å²) in [6, 6.07) is 0. The van der Waals surface area contributed by atoms with Crippen molar-refractivity contribution in [1.82, 2.24) is 0 Å². The SMILES string of the molecule is C/C=C\C.CCCC.S=S=S=S=S=S=S=S. The highest BCUT2D eigenvalue weighted by Crippen LogP contribution is 1.76. The average Bonchev–Trinajstić information content (AvgIpc) is 2.35. The molecule has 0 bridgehead atoms. The molecule has 0 nitrogen and oxygen atoms in total. The third-order valence-electron chi connectivity index (χ3n) is 0.972. The molecule has 16 heavy (non-hydrogen) atoms. The van der Waals surface area contributed by atoms with E-state index in [9.17, 15) is 0 Å². The van der Waals surface area contributed by atoms with Gasteiger partial charge in [0.2, 0.25) is 0 Å². The first kappa shape index (κ1) is 22.7. The molecule has 0 unspecified atom stereocenters. The maximum Gasteiger partial charge on any atom is 0 e. The summed E-state index contributed by atoms with van der Waals surface area (Å²) in [7, 11) is 9.12. The molecule has 0 aromatic rings. The first-order valence-electron chi connectivity index (χ1n) is 4.57. The van der Waals surface area contributed by atoms with E-state index in [4.69, 9.17) is 0 Å². The van der Waals surface area contributed by atoms with Gasteiger partial charge in [0.15, 0.2) is 0 Å². The summed E-state index contributed by atoms with van der Waals surface area (Å²) in [6.45, 7) is 8.36. The standard InChI is InChI=1S/C4H10.C4H8.S8/c2*1-3-4-2;1-3-5-7-8-6-4-2/h3-4H2,1-2H3;3-4H,1-2H3;/b;4-3-;. The lowest BCUT2D eigenvalue weighted by Gasteiger charge is -1.68. The van der Waals surface area contributed by atoms with E-state index in [1.54, 1.807) is 35.5 Å². The van der Waals surface area contributed by atoms with E-state index in [2.05, 4.69) is 36.2 Å². The number of hydrogen-bond donors (Lipinski definition) is 0. The van der Waals surface area contributed by atoms with Crippen LogP contribution in [0.2, 0.25) is 0 Å². The van der Waals surface area contributed by atoms with Crippen LogP contribution in [0.25, 0.3) is 0 Å². The van der Waals surface area contributed by atoms with Gasteiger partial charge >= 0.3 is 0 Å². The van der Waals surface area contributed by atoms with Crippen LogP contribution in [0.4, 0.5) is 0 Å². The molecule has 0 saturated heterocycles. The Kier molecular flexibility index (Phi) is 42.5. The van der Waals surface area contributed by atoms with Crippen LogP contribution in [0, 0.1) is 0 Å². The summed E-state index contributed by atoms with van der Waals surface area (Å²) >= 11 is 9.21. The van der Waals surface area contributed by atoms with E-state index in [1.165, 1.54) is 30.6 Å². The Balaban J connectivity index is -0.000000179. The van der Waals surface area contributed by atoms with Crippen molar-refractivity contribution in [3.63, 3.8) is 0 Å². The normalized spacial score (nSPS) is 7.50. The zero-order valence-electron chi connectivity index (χ0n) is 9.83. The van der Waals surface area contributed by atoms with Gasteiger partial charge < -0.3 is 0 Å². The predicted molar refractivity (Wildman–Crippen MR) is 100.0 cm³/mol. The van der Waals surface area contributed by atoms with E-state index < -0.39 is 0 Å². The summed E-state index contributed by atoms with van der Waals surface area (Å²) < 4.78 is 0. The van der Waals surface area contributed by atoms with Crippen molar-refractivity contribution in [3.05, 3.63) is 12.2 Å². The van der Waals surface area contributed by atoms with Gasteiger partial charge in [0.05, 0.1) is 0 Å². The van der Waals surface area contributed by atoms with Gasteiger partial charge in [0, 0.05) is 75.7 Å². The van der Waals surface area contributed by atoms with Gasteiger partial charge in [0.25, 0.3) is 0 Å². The Morgan fingerprint density at radius 3 is 1.19 bits per heavy atom. The molecule has 0 aliphatic rings. The molecule has 0 radical (unpaired) electrons. The van der Waals surface area contributed by atoms with E-state index in [1.807, 2.05) is 26.0 Å². The Hall–Kier alpha value is 1.50. The predicted octanol–water partition coefficient (Wildman–Crippen LogP) is 3.37. The third-order valence-corrected chi connectivity index (χ3v) is 12.1. The third kappa shape index (κ3) is 45.1. The summed E-state index contributed by atoms with van der Waals surface area (Å²) in [5, 5.41) is 0. The zero-order valence-corrected chi connectivity index (χ0v) is 16.4. The van der Waals surface area contributed by atoms with Crippen LogP contribution in [-0.2, 0) is 75.7 Å². The van der Waals surface area contributed by atoms with Gasteiger partial charge in [-0.25, -0.2) is 0 Å². The average molecular weight is 371 g/mol. The molecule has 0 heterocycles. The lowest BCUT2D eigenvalue weighted by molar-refractivity contribution is 0.886. The van der Waals surface area contributed by atoms with Crippen LogP contribution in [0.5, 0.6) is 0 Å². The van der Waals surface area contributed by atoms with Crippen LogP contribution in [-0.4, -0.2) is 0 Å². The van der Waals surface area contributed by atoms with Gasteiger partial charge in [-0.15, -0.1) is 0 Å². The molecular formula is C8H18S8. The summed E-state index contributed by atoms with van der Waals surface area (Å²) in [4.78, 5) is 0. The topological polar surface area (TPSA) is 0 Å². The fourth-order valence-electron chi connectivity index (χ4n) is 0.0454. The number of hydrogen-bond acceptors (Lipinski definition) is 2. The van der Waals surface area contributed by atoms with E-state index in [-0.39, 0.29) is 0 Å². The summed E-state index contributed by atoms with van der Waals surface area (Å²) in [5.74, 6) is 0. The highest BCUT2D eigenvalue weighted by atomic mass is 33.4.